The smallest absolute Gasteiger partial charge is 0.305 e. The molecule has 0 aromatic rings. The van der Waals surface area contributed by atoms with Crippen LogP contribution in [0.3, 0.4) is 0 Å². The number of aliphatic hydroxyl groups excluding tert-OH is 2. The van der Waals surface area contributed by atoms with Gasteiger partial charge in [-0.2, -0.15) is 0 Å². The molecule has 6 heteroatoms. The molecular weight excluding hydrogens is 1150 g/mol. The van der Waals surface area contributed by atoms with Gasteiger partial charge in [0.1, 0.15) is 0 Å². The molecule has 554 valence electrons. The monoisotopic (exact) mass is 1320 g/mol. The molecule has 3 N–H and O–H groups in total. The van der Waals surface area contributed by atoms with E-state index >= 15 is 0 Å². The van der Waals surface area contributed by atoms with E-state index in [9.17, 15) is 19.8 Å². The quantitative estimate of drug-likeness (QED) is 0.0320. The van der Waals surface area contributed by atoms with E-state index in [4.69, 9.17) is 4.74 Å². The molecule has 0 aliphatic rings. The Hall–Kier alpha value is -2.18. The number of ether oxygens (including phenoxy) is 1. The molecular formula is C88H167NO5. The van der Waals surface area contributed by atoms with Crippen LogP contribution in [-0.2, 0) is 14.3 Å². The average Bonchev–Trinajstić information content (AvgIpc) is 3.68. The minimum absolute atomic E-state index is 0.0134. The fraction of sp³-hybridized carbons (Fsp3) is 0.886. The number of hydrogen-bond donors (Lipinski definition) is 3. The molecule has 6 nitrogen and oxygen atoms in total. The fourth-order valence-electron chi connectivity index (χ4n) is 13.5. The van der Waals surface area contributed by atoms with Gasteiger partial charge >= 0.3 is 5.97 Å². The van der Waals surface area contributed by atoms with Crippen LogP contribution in [0.15, 0.2) is 48.6 Å². The Labute approximate surface area is 588 Å². The number of unbranched alkanes of at least 4 members (excludes halogenated alkanes) is 64. The van der Waals surface area contributed by atoms with E-state index in [0.717, 1.165) is 51.4 Å². The molecule has 0 fully saturated rings. The van der Waals surface area contributed by atoms with E-state index in [2.05, 4.69) is 55.6 Å². The van der Waals surface area contributed by atoms with Crippen LogP contribution < -0.4 is 5.32 Å². The normalized spacial score (nSPS) is 12.7. The van der Waals surface area contributed by atoms with Crippen LogP contribution in [0.25, 0.3) is 0 Å². The highest BCUT2D eigenvalue weighted by molar-refractivity contribution is 5.76. The highest BCUT2D eigenvalue weighted by Crippen LogP contribution is 2.20. The van der Waals surface area contributed by atoms with E-state index in [0.29, 0.717) is 19.4 Å². The summed E-state index contributed by atoms with van der Waals surface area (Å²) < 4.78 is 5.50. The lowest BCUT2D eigenvalue weighted by Crippen LogP contribution is -2.45. The van der Waals surface area contributed by atoms with Crippen LogP contribution >= 0.6 is 0 Å². The maximum atomic E-state index is 12.6. The first-order valence-electron chi connectivity index (χ1n) is 42.9. The highest BCUT2D eigenvalue weighted by atomic mass is 16.5. The second-order valence-corrected chi connectivity index (χ2v) is 29.5. The average molecular weight is 1320 g/mol. The van der Waals surface area contributed by atoms with Gasteiger partial charge in [-0.05, 0) is 89.9 Å². The molecule has 0 aliphatic heterocycles. The maximum Gasteiger partial charge on any atom is 0.305 e. The van der Waals surface area contributed by atoms with E-state index in [1.165, 1.54) is 398 Å². The van der Waals surface area contributed by atoms with Crippen molar-refractivity contribution in [1.82, 2.24) is 5.32 Å². The topological polar surface area (TPSA) is 95.9 Å². The first-order chi connectivity index (χ1) is 46.5. The van der Waals surface area contributed by atoms with Gasteiger partial charge in [0.2, 0.25) is 5.91 Å². The molecule has 94 heavy (non-hydrogen) atoms. The Morgan fingerprint density at radius 1 is 0.298 bits per heavy atom. The van der Waals surface area contributed by atoms with Gasteiger partial charge in [0.25, 0.3) is 0 Å². The van der Waals surface area contributed by atoms with E-state index < -0.39 is 12.1 Å². The first kappa shape index (κ1) is 91.8. The van der Waals surface area contributed by atoms with Crippen LogP contribution in [-0.4, -0.2) is 47.4 Å². The van der Waals surface area contributed by atoms with Gasteiger partial charge in [0.15, 0.2) is 0 Å². The van der Waals surface area contributed by atoms with Gasteiger partial charge in [-0.15, -0.1) is 0 Å². The highest BCUT2D eigenvalue weighted by Gasteiger charge is 2.18. The van der Waals surface area contributed by atoms with Crippen LogP contribution in [0.2, 0.25) is 0 Å². The number of carbonyl (C=O) groups is 2. The molecule has 2 atom stereocenters. The molecule has 1 amide bonds. The summed E-state index contributed by atoms with van der Waals surface area (Å²) in [7, 11) is 0. The number of hydrogen-bond acceptors (Lipinski definition) is 5. The SMILES string of the molecule is CCCCCCCCC/C=C\CCCCCCCC(=O)OCCCCCCCCCCCCCCCCC/C=C\C/C=C\CCCCCCCCCCCCCCCCCCCC(=O)NC(CO)C(O)/C=C/CCCCCCCCCCCCCCCCCCCCCC. The molecule has 0 saturated heterocycles. The molecule has 0 spiro atoms. The largest absolute Gasteiger partial charge is 0.466 e. The summed E-state index contributed by atoms with van der Waals surface area (Å²) in [6, 6.07) is -0.627. The second-order valence-electron chi connectivity index (χ2n) is 29.5. The molecule has 0 bridgehead atoms. The van der Waals surface area contributed by atoms with Crippen molar-refractivity contribution in [2.45, 2.75) is 488 Å². The predicted molar refractivity (Wildman–Crippen MR) is 416 cm³/mol. The summed E-state index contributed by atoms with van der Waals surface area (Å²) in [6.07, 6.45) is 111. The van der Waals surface area contributed by atoms with Crippen molar-refractivity contribution in [2.75, 3.05) is 13.2 Å². The number of rotatable bonds is 81. The van der Waals surface area contributed by atoms with E-state index in [1.54, 1.807) is 6.08 Å². The predicted octanol–water partition coefficient (Wildman–Crippen LogP) is 28.7. The minimum atomic E-state index is -0.844. The van der Waals surface area contributed by atoms with Gasteiger partial charge in [-0.1, -0.05) is 422 Å². The number of esters is 1. The third-order valence-electron chi connectivity index (χ3n) is 20.1. The van der Waals surface area contributed by atoms with Crippen molar-refractivity contribution in [3.63, 3.8) is 0 Å². The molecule has 0 aliphatic carbocycles. The zero-order valence-corrected chi connectivity index (χ0v) is 63.7. The summed E-state index contributed by atoms with van der Waals surface area (Å²) in [5.41, 5.74) is 0. The molecule has 0 saturated carbocycles. The summed E-state index contributed by atoms with van der Waals surface area (Å²) in [5, 5.41) is 23.3. The minimum Gasteiger partial charge on any atom is -0.466 e. The van der Waals surface area contributed by atoms with Gasteiger partial charge in [-0.3, -0.25) is 9.59 Å². The van der Waals surface area contributed by atoms with Gasteiger partial charge in [0.05, 0.1) is 25.4 Å². The summed E-state index contributed by atoms with van der Waals surface area (Å²) >= 11 is 0. The maximum absolute atomic E-state index is 12.6. The summed E-state index contributed by atoms with van der Waals surface area (Å²) in [6.45, 7) is 4.95. The Morgan fingerprint density at radius 3 is 0.819 bits per heavy atom. The van der Waals surface area contributed by atoms with Crippen LogP contribution in [0, 0.1) is 0 Å². The van der Waals surface area contributed by atoms with Gasteiger partial charge in [0, 0.05) is 12.8 Å². The first-order valence-corrected chi connectivity index (χ1v) is 42.9. The molecule has 0 heterocycles. The Morgan fingerprint density at radius 2 is 0.532 bits per heavy atom. The Bertz CT molecular complexity index is 1570. The van der Waals surface area contributed by atoms with Crippen molar-refractivity contribution >= 4 is 11.9 Å². The third kappa shape index (κ3) is 78.8. The number of amides is 1. The lowest BCUT2D eigenvalue weighted by molar-refractivity contribution is -0.143. The number of nitrogens with one attached hydrogen (secondary N) is 1. The van der Waals surface area contributed by atoms with Crippen molar-refractivity contribution in [1.29, 1.82) is 0 Å². The standard InChI is InChI=1S/C88H167NO5/c1-3-5-7-9-11-13-15-17-19-21-22-23-43-46-49-52-56-60-64-68-72-76-80-86(91)85(84-90)89-87(92)81-77-73-69-65-61-57-53-50-47-44-41-39-37-35-33-31-29-27-25-24-26-28-30-32-34-36-38-40-42-45-48-51-55-59-63-67-71-75-79-83-94-88(93)82-78-74-70-66-62-58-54-20-18-16-14-12-10-8-6-4-2/h20,24-25,28,30,54,76,80,85-86,90-91H,3-19,21-23,26-27,29,31-53,55-75,77-79,81-84H2,1-2H3,(H,89,92)/b25-24-,30-28-,54-20-,80-76+. The molecule has 0 aromatic carbocycles. The van der Waals surface area contributed by atoms with Crippen molar-refractivity contribution in [2.24, 2.45) is 0 Å². The van der Waals surface area contributed by atoms with Crippen LogP contribution in [0.4, 0.5) is 0 Å². The molecule has 0 aromatic heterocycles. The fourth-order valence-corrected chi connectivity index (χ4v) is 13.5. The third-order valence-corrected chi connectivity index (χ3v) is 20.1. The number of carbonyl (C=O) groups excluding carboxylic acids is 2. The summed E-state index contributed by atoms with van der Waals surface area (Å²) in [4.78, 5) is 24.7. The summed E-state index contributed by atoms with van der Waals surface area (Å²) in [5.74, 6) is -0.0468. The van der Waals surface area contributed by atoms with E-state index in [-0.39, 0.29) is 18.5 Å². The number of allylic oxidation sites excluding steroid dienone is 7. The van der Waals surface area contributed by atoms with Crippen molar-refractivity contribution < 1.29 is 24.5 Å². The van der Waals surface area contributed by atoms with Crippen LogP contribution in [0.1, 0.15) is 476 Å². The molecule has 0 radical (unpaired) electrons. The zero-order valence-electron chi connectivity index (χ0n) is 63.7. The van der Waals surface area contributed by atoms with Gasteiger partial charge < -0.3 is 20.3 Å². The van der Waals surface area contributed by atoms with Gasteiger partial charge in [-0.25, -0.2) is 0 Å². The zero-order chi connectivity index (χ0) is 67.7. The molecule has 0 rings (SSSR count). The van der Waals surface area contributed by atoms with E-state index in [1.807, 2.05) is 6.08 Å². The number of aliphatic hydroxyl groups is 2. The van der Waals surface area contributed by atoms with Crippen LogP contribution in [0.5, 0.6) is 0 Å². The lowest BCUT2D eigenvalue weighted by atomic mass is 10.0. The lowest BCUT2D eigenvalue weighted by Gasteiger charge is -2.20. The van der Waals surface area contributed by atoms with Crippen molar-refractivity contribution in [3.05, 3.63) is 48.6 Å². The van der Waals surface area contributed by atoms with Crippen molar-refractivity contribution in [3.8, 4) is 0 Å². The Kier molecular flexibility index (Phi) is 81.3. The Balaban J connectivity index is 3.37. The second kappa shape index (κ2) is 83.2. The molecule has 2 unspecified atom stereocenters.